The van der Waals surface area contributed by atoms with E-state index in [4.69, 9.17) is 14.5 Å². The van der Waals surface area contributed by atoms with Crippen LogP contribution in [-0.2, 0) is 12.8 Å². The lowest BCUT2D eigenvalue weighted by molar-refractivity contribution is 0.221. The molecule has 2 aromatic rings. The van der Waals surface area contributed by atoms with Gasteiger partial charge >= 0.3 is 0 Å². The fourth-order valence-electron chi connectivity index (χ4n) is 6.33. The first kappa shape index (κ1) is 24.6. The Morgan fingerprint density at radius 1 is 0.971 bits per heavy atom. The van der Waals surface area contributed by atoms with Crippen LogP contribution in [-0.4, -0.2) is 74.3 Å². The third-order valence-corrected chi connectivity index (χ3v) is 8.44. The monoisotopic (exact) mass is 480 g/mol. The van der Waals surface area contributed by atoms with Crippen LogP contribution in [0.1, 0.15) is 68.9 Å². The maximum absolute atomic E-state index is 6.25. The molecule has 3 aliphatic rings. The van der Waals surface area contributed by atoms with Gasteiger partial charge in [0.1, 0.15) is 5.82 Å². The number of fused-ring (bicyclic) bond motifs is 3. The minimum Gasteiger partial charge on any atom is -0.493 e. The SMILES string of the molecule is COc1cc2c3c(c(NC4CCC(N(C)C)CC4)nc2cc1OCCCN1CCCC1)CCCC3. The number of anilines is 1. The van der Waals surface area contributed by atoms with E-state index in [-0.39, 0.29) is 0 Å². The lowest BCUT2D eigenvalue weighted by Gasteiger charge is -2.34. The Bertz CT molecular complexity index is 994. The summed E-state index contributed by atoms with van der Waals surface area (Å²) in [6.07, 6.45) is 13.4. The highest BCUT2D eigenvalue weighted by Gasteiger charge is 2.26. The summed E-state index contributed by atoms with van der Waals surface area (Å²) in [5.74, 6) is 2.77. The van der Waals surface area contributed by atoms with Crippen LogP contribution in [0.2, 0.25) is 0 Å². The van der Waals surface area contributed by atoms with Crippen LogP contribution in [0, 0.1) is 0 Å². The lowest BCUT2D eigenvalue weighted by Crippen LogP contribution is -2.36. The largest absolute Gasteiger partial charge is 0.493 e. The first-order valence-electron chi connectivity index (χ1n) is 13.9. The zero-order valence-corrected chi connectivity index (χ0v) is 22.1. The van der Waals surface area contributed by atoms with Crippen molar-refractivity contribution in [1.82, 2.24) is 14.8 Å². The number of aromatic nitrogens is 1. The van der Waals surface area contributed by atoms with E-state index in [9.17, 15) is 0 Å². The number of hydrogen-bond donors (Lipinski definition) is 1. The molecule has 0 amide bonds. The molecule has 1 aliphatic heterocycles. The van der Waals surface area contributed by atoms with Gasteiger partial charge in [0.2, 0.25) is 0 Å². The summed E-state index contributed by atoms with van der Waals surface area (Å²) < 4.78 is 12.0. The van der Waals surface area contributed by atoms with Crippen LogP contribution >= 0.6 is 0 Å². The third-order valence-electron chi connectivity index (χ3n) is 8.44. The molecular formula is C29H44N4O2. The fraction of sp³-hybridized carbons (Fsp3) is 0.690. The van der Waals surface area contributed by atoms with Crippen molar-refractivity contribution in [3.05, 3.63) is 23.3 Å². The Kier molecular flexibility index (Phi) is 7.98. The maximum atomic E-state index is 6.25. The number of methoxy groups -OCH3 is 1. The molecule has 1 aromatic heterocycles. The zero-order chi connectivity index (χ0) is 24.2. The molecule has 6 nitrogen and oxygen atoms in total. The smallest absolute Gasteiger partial charge is 0.163 e. The molecule has 35 heavy (non-hydrogen) atoms. The quantitative estimate of drug-likeness (QED) is 0.494. The molecule has 0 radical (unpaired) electrons. The first-order chi connectivity index (χ1) is 17.1. The summed E-state index contributed by atoms with van der Waals surface area (Å²) >= 11 is 0. The molecule has 5 rings (SSSR count). The molecule has 0 atom stereocenters. The normalized spacial score (nSPS) is 23.0. The molecule has 2 heterocycles. The average molecular weight is 481 g/mol. The van der Waals surface area contributed by atoms with Crippen LogP contribution in [0.5, 0.6) is 11.5 Å². The Morgan fingerprint density at radius 2 is 1.71 bits per heavy atom. The topological polar surface area (TPSA) is 49.9 Å². The number of nitrogens with zero attached hydrogens (tertiary/aromatic N) is 3. The summed E-state index contributed by atoms with van der Waals surface area (Å²) in [5, 5.41) is 5.12. The molecule has 2 aliphatic carbocycles. The number of benzene rings is 1. The molecule has 1 saturated carbocycles. The summed E-state index contributed by atoms with van der Waals surface area (Å²) in [6, 6.07) is 5.52. The van der Waals surface area contributed by atoms with E-state index in [1.165, 1.54) is 81.0 Å². The number of ether oxygens (including phenoxy) is 2. The second-order valence-electron chi connectivity index (χ2n) is 11.0. The van der Waals surface area contributed by atoms with Gasteiger partial charge in [0.05, 0.1) is 19.2 Å². The second-order valence-corrected chi connectivity index (χ2v) is 11.0. The summed E-state index contributed by atoms with van der Waals surface area (Å²) in [7, 11) is 6.16. The summed E-state index contributed by atoms with van der Waals surface area (Å²) in [4.78, 5) is 10.1. The van der Waals surface area contributed by atoms with Crippen molar-refractivity contribution in [2.45, 2.75) is 82.7 Å². The Hall–Kier alpha value is -2.05. The van der Waals surface area contributed by atoms with Gasteiger partial charge in [-0.2, -0.15) is 0 Å². The standard InChI is InChI=1S/C29H44N4O2/c1-32(2)22-13-11-21(12-14-22)30-29-24-10-5-4-9-23(24)25-19-27(34-3)28(20-26(25)31-29)35-18-8-17-33-15-6-7-16-33/h19-22H,4-18H2,1-3H3,(H,30,31). The molecule has 6 heteroatoms. The van der Waals surface area contributed by atoms with Crippen molar-refractivity contribution < 1.29 is 9.47 Å². The van der Waals surface area contributed by atoms with E-state index in [0.29, 0.717) is 18.7 Å². The van der Waals surface area contributed by atoms with Gasteiger partial charge < -0.3 is 24.6 Å². The van der Waals surface area contributed by atoms with Crippen molar-refractivity contribution in [2.24, 2.45) is 0 Å². The highest BCUT2D eigenvalue weighted by atomic mass is 16.5. The Labute approximate surface area is 211 Å². The number of nitrogens with one attached hydrogen (secondary N) is 1. The maximum Gasteiger partial charge on any atom is 0.163 e. The lowest BCUT2D eigenvalue weighted by atomic mass is 9.87. The zero-order valence-electron chi connectivity index (χ0n) is 22.1. The minimum atomic E-state index is 0.515. The molecule has 1 N–H and O–H groups in total. The number of aryl methyl sites for hydroxylation is 1. The molecule has 1 aromatic carbocycles. The molecule has 192 valence electrons. The highest BCUT2D eigenvalue weighted by Crippen LogP contribution is 2.39. The van der Waals surface area contributed by atoms with E-state index < -0.39 is 0 Å². The number of hydrogen-bond acceptors (Lipinski definition) is 6. The molecule has 0 spiro atoms. The van der Waals surface area contributed by atoms with E-state index in [2.05, 4.69) is 41.3 Å². The first-order valence-corrected chi connectivity index (χ1v) is 13.9. The Balaban J connectivity index is 1.35. The van der Waals surface area contributed by atoms with Crippen molar-refractivity contribution in [3.8, 4) is 11.5 Å². The van der Waals surface area contributed by atoms with Gasteiger partial charge in [0, 0.05) is 30.1 Å². The summed E-state index contributed by atoms with van der Waals surface area (Å²) in [6.45, 7) is 4.30. The van der Waals surface area contributed by atoms with Crippen LogP contribution in [0.25, 0.3) is 10.9 Å². The van der Waals surface area contributed by atoms with Gasteiger partial charge in [-0.25, -0.2) is 4.98 Å². The number of likely N-dealkylation sites (tertiary alicyclic amines) is 1. The van der Waals surface area contributed by atoms with Crippen LogP contribution < -0.4 is 14.8 Å². The number of rotatable bonds is 9. The van der Waals surface area contributed by atoms with Gasteiger partial charge in [-0.1, -0.05) is 0 Å². The van der Waals surface area contributed by atoms with E-state index in [1.54, 1.807) is 7.11 Å². The predicted octanol–water partition coefficient (Wildman–Crippen LogP) is 5.27. The van der Waals surface area contributed by atoms with Gasteiger partial charge in [-0.05, 0) is 115 Å². The van der Waals surface area contributed by atoms with E-state index in [1.807, 2.05) is 0 Å². The van der Waals surface area contributed by atoms with Crippen LogP contribution in [0.3, 0.4) is 0 Å². The molecular weight excluding hydrogens is 436 g/mol. The van der Waals surface area contributed by atoms with Crippen molar-refractivity contribution >= 4 is 16.7 Å². The van der Waals surface area contributed by atoms with Gasteiger partial charge in [0.25, 0.3) is 0 Å². The second kappa shape index (κ2) is 11.3. The van der Waals surface area contributed by atoms with Crippen LogP contribution in [0.15, 0.2) is 12.1 Å². The average Bonchev–Trinajstić information content (AvgIpc) is 3.40. The fourth-order valence-corrected chi connectivity index (χ4v) is 6.33. The third kappa shape index (κ3) is 5.69. The molecule has 0 unspecified atom stereocenters. The van der Waals surface area contributed by atoms with Crippen LogP contribution in [0.4, 0.5) is 5.82 Å². The Morgan fingerprint density at radius 3 is 2.43 bits per heavy atom. The molecule has 2 fully saturated rings. The van der Waals surface area contributed by atoms with Gasteiger partial charge in [-0.15, -0.1) is 0 Å². The van der Waals surface area contributed by atoms with E-state index >= 15 is 0 Å². The van der Waals surface area contributed by atoms with Gasteiger partial charge in [-0.3, -0.25) is 0 Å². The number of pyridine rings is 1. The van der Waals surface area contributed by atoms with E-state index in [0.717, 1.165) is 48.6 Å². The predicted molar refractivity (Wildman–Crippen MR) is 144 cm³/mol. The van der Waals surface area contributed by atoms with Gasteiger partial charge in [0.15, 0.2) is 11.5 Å². The minimum absolute atomic E-state index is 0.515. The van der Waals surface area contributed by atoms with Crippen molar-refractivity contribution in [3.63, 3.8) is 0 Å². The van der Waals surface area contributed by atoms with Crippen molar-refractivity contribution in [1.29, 1.82) is 0 Å². The van der Waals surface area contributed by atoms with Crippen molar-refractivity contribution in [2.75, 3.05) is 52.8 Å². The summed E-state index contributed by atoms with van der Waals surface area (Å²) in [5.41, 5.74) is 3.93. The highest BCUT2D eigenvalue weighted by molar-refractivity contribution is 5.89. The molecule has 0 bridgehead atoms. The molecule has 1 saturated heterocycles.